The van der Waals surface area contributed by atoms with Crippen LogP contribution in [-0.2, 0) is 6.42 Å². The van der Waals surface area contributed by atoms with E-state index in [1.54, 1.807) is 0 Å². The highest BCUT2D eigenvalue weighted by Crippen LogP contribution is 2.48. The van der Waals surface area contributed by atoms with Crippen molar-refractivity contribution >= 4 is 81.9 Å². The average molecular weight is 1090 g/mol. The van der Waals surface area contributed by atoms with Gasteiger partial charge in [-0.05, 0) is 57.8 Å². The van der Waals surface area contributed by atoms with E-state index in [0.29, 0.717) is 34.9 Å². The second kappa shape index (κ2) is 19.6. The van der Waals surface area contributed by atoms with Crippen molar-refractivity contribution < 1.29 is 0 Å². The monoisotopic (exact) mass is 1080 g/mol. The predicted molar refractivity (Wildman–Crippen MR) is 349 cm³/mol. The molecule has 4 heterocycles. The number of allylic oxidation sites excluding steroid dienone is 3. The number of nitrogens with zero attached hydrogens (tertiary/aromatic N) is 8. The topological polar surface area (TPSA) is 87.2 Å². The van der Waals surface area contributed by atoms with Crippen LogP contribution in [0.1, 0.15) is 11.3 Å². The molecule has 16 aromatic rings. The summed E-state index contributed by atoms with van der Waals surface area (Å²) in [6, 6.07) is 89.8. The Hall–Kier alpha value is -11.5. The lowest BCUT2D eigenvalue weighted by Gasteiger charge is -2.20. The van der Waals surface area contributed by atoms with Crippen molar-refractivity contribution in [3.63, 3.8) is 0 Å². The molecule has 1 aliphatic rings. The Kier molecular flexibility index (Phi) is 11.1. The van der Waals surface area contributed by atoms with Gasteiger partial charge in [0.1, 0.15) is 0 Å². The zero-order valence-corrected chi connectivity index (χ0v) is 45.8. The van der Waals surface area contributed by atoms with Gasteiger partial charge in [0.2, 0.25) is 0 Å². The van der Waals surface area contributed by atoms with Crippen LogP contribution in [0.2, 0.25) is 0 Å². The first-order valence-corrected chi connectivity index (χ1v) is 28.8. The predicted octanol–water partition coefficient (Wildman–Crippen LogP) is 18.8. The van der Waals surface area contributed by atoms with E-state index >= 15 is 0 Å². The maximum absolute atomic E-state index is 5.34. The largest absolute Gasteiger partial charge is 0.308 e. The second-order valence-corrected chi connectivity index (χ2v) is 21.6. The van der Waals surface area contributed by atoms with Gasteiger partial charge in [-0.3, -0.25) is 0 Å². The molecule has 8 heteroatoms. The van der Waals surface area contributed by atoms with Crippen LogP contribution in [0, 0.1) is 0 Å². The SMILES string of the molecule is C1=CCc2c(n(-c3c4ccccc4c(-c4nc(-c5ccccc5)nc(-c5ccccc5)n4)c4ccccc34)c3cc4c5ccccc5n(-c5c6ccccc6c(-c6nc(-c7ccccc7)nc(-c7ccccc7)n6)c6ccccc56)c4cc23)C=C1. The molecule has 0 radical (unpaired) electrons. The molecule has 0 amide bonds. The van der Waals surface area contributed by atoms with Crippen LogP contribution < -0.4 is 0 Å². The fourth-order valence-electron chi connectivity index (χ4n) is 13.1. The number of fused-ring (bicyclic) bond motifs is 10. The molecule has 17 rings (SSSR count). The van der Waals surface area contributed by atoms with E-state index in [-0.39, 0.29) is 0 Å². The third kappa shape index (κ3) is 7.76. The van der Waals surface area contributed by atoms with Crippen molar-refractivity contribution in [1.29, 1.82) is 0 Å². The van der Waals surface area contributed by atoms with Crippen molar-refractivity contribution in [3.05, 3.63) is 284 Å². The Morgan fingerprint density at radius 3 is 1.01 bits per heavy atom. The molecule has 0 atom stereocenters. The molecule has 1 aliphatic carbocycles. The summed E-state index contributed by atoms with van der Waals surface area (Å²) in [5.41, 5.74) is 13.6. The third-order valence-electron chi connectivity index (χ3n) is 16.8. The van der Waals surface area contributed by atoms with Crippen LogP contribution >= 0.6 is 0 Å². The van der Waals surface area contributed by atoms with E-state index in [9.17, 15) is 0 Å². The first-order valence-electron chi connectivity index (χ1n) is 28.8. The second-order valence-electron chi connectivity index (χ2n) is 21.6. The van der Waals surface area contributed by atoms with Gasteiger partial charge in [-0.2, -0.15) is 0 Å². The molecular weight excluding hydrogens is 1040 g/mol. The molecule has 0 fully saturated rings. The van der Waals surface area contributed by atoms with Crippen molar-refractivity contribution in [2.45, 2.75) is 6.42 Å². The van der Waals surface area contributed by atoms with Crippen LogP contribution in [-0.4, -0.2) is 39.0 Å². The van der Waals surface area contributed by atoms with E-state index in [2.05, 4.69) is 215 Å². The van der Waals surface area contributed by atoms with Gasteiger partial charge in [0.15, 0.2) is 34.9 Å². The van der Waals surface area contributed by atoms with Crippen LogP contribution in [0.25, 0.3) is 162 Å². The fourth-order valence-corrected chi connectivity index (χ4v) is 13.1. The molecule has 0 saturated heterocycles. The first kappa shape index (κ1) is 48.2. The van der Waals surface area contributed by atoms with E-state index in [1.807, 2.05) is 72.8 Å². The van der Waals surface area contributed by atoms with E-state index < -0.39 is 0 Å². The molecule has 85 heavy (non-hydrogen) atoms. The summed E-state index contributed by atoms with van der Waals surface area (Å²) in [5.74, 6) is 3.74. The Bertz CT molecular complexity index is 5200. The van der Waals surface area contributed by atoms with Gasteiger partial charge in [0.25, 0.3) is 0 Å². The highest BCUT2D eigenvalue weighted by Gasteiger charge is 2.28. The number of para-hydroxylation sites is 1. The van der Waals surface area contributed by atoms with E-state index in [0.717, 1.165) is 127 Å². The molecule has 8 nitrogen and oxygen atoms in total. The fraction of sp³-hybridized carbons (Fsp3) is 0.0130. The smallest absolute Gasteiger partial charge is 0.165 e. The quantitative estimate of drug-likeness (QED) is 0.141. The molecule has 0 aliphatic heterocycles. The van der Waals surface area contributed by atoms with E-state index in [1.165, 1.54) is 10.9 Å². The zero-order valence-electron chi connectivity index (χ0n) is 45.8. The molecule has 0 spiro atoms. The van der Waals surface area contributed by atoms with Crippen molar-refractivity contribution in [1.82, 2.24) is 39.0 Å². The Morgan fingerprint density at radius 1 is 0.259 bits per heavy atom. The minimum atomic E-state index is 0.621. The molecule has 4 aromatic heterocycles. The number of hydrogen-bond acceptors (Lipinski definition) is 6. The summed E-state index contributed by atoms with van der Waals surface area (Å²) in [7, 11) is 0. The Morgan fingerprint density at radius 2 is 0.588 bits per heavy atom. The first-order chi connectivity index (χ1) is 42.2. The normalized spacial score (nSPS) is 12.3. The van der Waals surface area contributed by atoms with Crippen molar-refractivity contribution in [2.75, 3.05) is 0 Å². The maximum Gasteiger partial charge on any atom is 0.165 e. The van der Waals surface area contributed by atoms with Gasteiger partial charge in [0, 0.05) is 71.1 Å². The number of aromatic nitrogens is 8. The maximum atomic E-state index is 5.34. The van der Waals surface area contributed by atoms with Gasteiger partial charge >= 0.3 is 0 Å². The van der Waals surface area contributed by atoms with Gasteiger partial charge in [-0.15, -0.1) is 0 Å². The molecule has 0 saturated carbocycles. The van der Waals surface area contributed by atoms with Gasteiger partial charge in [-0.25, -0.2) is 29.9 Å². The third-order valence-corrected chi connectivity index (χ3v) is 16.8. The van der Waals surface area contributed by atoms with Crippen LogP contribution in [0.15, 0.2) is 273 Å². The molecule has 0 N–H and O–H groups in total. The summed E-state index contributed by atoms with van der Waals surface area (Å²) in [4.78, 5) is 31.6. The summed E-state index contributed by atoms with van der Waals surface area (Å²) < 4.78 is 5.05. The molecule has 396 valence electrons. The molecule has 0 unspecified atom stereocenters. The number of benzene rings is 12. The van der Waals surface area contributed by atoms with Gasteiger partial charge < -0.3 is 9.13 Å². The summed E-state index contributed by atoms with van der Waals surface area (Å²) in [6.45, 7) is 0. The summed E-state index contributed by atoms with van der Waals surface area (Å²) in [6.07, 6.45) is 9.70. The lowest BCUT2D eigenvalue weighted by molar-refractivity contribution is 1.08. The van der Waals surface area contributed by atoms with E-state index in [4.69, 9.17) is 29.9 Å². The molecule has 0 bridgehead atoms. The number of hydrogen-bond donors (Lipinski definition) is 0. The standard InChI is InChI=1S/C77H48N8/c1-6-26-48(27-7-1)72-78-73(49-28-8-2-9-29-49)81-76(80-72)68-54-36-16-20-40-58(54)70(59-41-21-17-37-55(59)68)84-64-44-15-5-14-34-52(64)62-46-67-63(47-66(62)84)53-35-24-25-45-65(53)85(67)71-60-42-22-18-38-56(60)69(57-39-19-23-43-61(57)71)77-82-74(50-30-10-3-11-31-50)79-75(83-77)51-32-12-4-13-33-51/h1-33,35-47H,34H2. The molecule has 12 aromatic carbocycles. The highest BCUT2D eigenvalue weighted by molar-refractivity contribution is 6.23. The van der Waals surface area contributed by atoms with Gasteiger partial charge in [0.05, 0.1) is 33.6 Å². The summed E-state index contributed by atoms with van der Waals surface area (Å²) >= 11 is 0. The Labute approximate surface area is 488 Å². The minimum absolute atomic E-state index is 0.621. The highest BCUT2D eigenvalue weighted by atomic mass is 15.1. The lowest BCUT2D eigenvalue weighted by atomic mass is 9.93. The van der Waals surface area contributed by atoms with Crippen LogP contribution in [0.5, 0.6) is 0 Å². The molecular formula is C77H48N8. The lowest BCUT2D eigenvalue weighted by Crippen LogP contribution is -2.04. The number of rotatable bonds is 8. The zero-order chi connectivity index (χ0) is 56.0. The van der Waals surface area contributed by atoms with Crippen molar-refractivity contribution in [3.8, 4) is 79.7 Å². The van der Waals surface area contributed by atoms with Crippen LogP contribution in [0.4, 0.5) is 0 Å². The van der Waals surface area contributed by atoms with Crippen LogP contribution in [0.3, 0.4) is 0 Å². The summed E-state index contributed by atoms with van der Waals surface area (Å²) in [5, 5.41) is 12.1. The van der Waals surface area contributed by atoms with Crippen molar-refractivity contribution in [2.24, 2.45) is 0 Å². The van der Waals surface area contributed by atoms with Gasteiger partial charge in [-0.1, -0.05) is 255 Å². The minimum Gasteiger partial charge on any atom is -0.308 e. The average Bonchev–Trinajstić information content (AvgIpc) is 1.92. The Balaban J connectivity index is 0.935.